The van der Waals surface area contributed by atoms with Crippen LogP contribution in [0.3, 0.4) is 0 Å². The van der Waals surface area contributed by atoms with E-state index in [1.807, 2.05) is 0 Å². The highest BCUT2D eigenvalue weighted by Gasteiger charge is 2.21. The van der Waals surface area contributed by atoms with Crippen LogP contribution in [0.25, 0.3) is 0 Å². The molecule has 1 heterocycles. The van der Waals surface area contributed by atoms with Crippen LogP contribution in [0.1, 0.15) is 17.7 Å². The fourth-order valence-electron chi connectivity index (χ4n) is 1.02. The molecule has 1 rings (SSSR count). The minimum Gasteiger partial charge on any atom is -0.240 e. The van der Waals surface area contributed by atoms with E-state index in [1.54, 1.807) is 0 Å². The van der Waals surface area contributed by atoms with E-state index in [1.165, 1.54) is 0 Å². The summed E-state index contributed by atoms with van der Waals surface area (Å²) < 4.78 is 59.1. The van der Waals surface area contributed by atoms with Gasteiger partial charge < -0.3 is 0 Å². The van der Waals surface area contributed by atoms with Gasteiger partial charge in [-0.1, -0.05) is 0 Å². The van der Waals surface area contributed by atoms with Crippen LogP contribution in [0.2, 0.25) is 0 Å². The average Bonchev–Trinajstić information content (AvgIpc) is 1.99. The number of hydrogen-bond acceptors (Lipinski definition) is 3. The van der Waals surface area contributed by atoms with Gasteiger partial charge in [0.2, 0.25) is 0 Å². The number of nitrogens with zero attached hydrogens (tertiary/aromatic N) is 1. The molecule has 0 aromatic carbocycles. The van der Waals surface area contributed by atoms with Crippen LogP contribution in [0, 0.1) is 12.7 Å². The maximum atomic E-state index is 13.1. The van der Waals surface area contributed by atoms with Crippen molar-refractivity contribution in [3.8, 4) is 0 Å². The molecule has 84 valence electrons. The van der Waals surface area contributed by atoms with Crippen LogP contribution in [0.5, 0.6) is 0 Å². The fourth-order valence-corrected chi connectivity index (χ4v) is 1.56. The van der Waals surface area contributed by atoms with Gasteiger partial charge >= 0.3 is 0 Å². The number of hydrogen-bond donors (Lipinski definition) is 1. The highest BCUT2D eigenvalue weighted by Crippen LogP contribution is 2.25. The van der Waals surface area contributed by atoms with E-state index in [0.29, 0.717) is 6.07 Å². The molecule has 1 aromatic rings. The predicted octanol–water partition coefficient (Wildman–Crippen LogP) is 1.11. The number of rotatable bonds is 2. The van der Waals surface area contributed by atoms with E-state index in [2.05, 4.69) is 10.1 Å². The summed E-state index contributed by atoms with van der Waals surface area (Å²) in [6.45, 7) is 1.08. The van der Waals surface area contributed by atoms with Gasteiger partial charge in [0.05, 0.1) is 11.3 Å². The van der Waals surface area contributed by atoms with Crippen LogP contribution in [0.4, 0.5) is 13.2 Å². The first-order chi connectivity index (χ1) is 6.73. The lowest BCUT2D eigenvalue weighted by Crippen LogP contribution is -2.16. The number of halogens is 3. The van der Waals surface area contributed by atoms with Gasteiger partial charge in [-0.05, 0) is 6.92 Å². The maximum absolute atomic E-state index is 13.1. The highest BCUT2D eigenvalue weighted by molar-refractivity contribution is 7.89. The molecule has 0 aliphatic heterocycles. The number of alkyl halides is 2. The van der Waals surface area contributed by atoms with E-state index < -0.39 is 38.5 Å². The van der Waals surface area contributed by atoms with E-state index in [4.69, 9.17) is 0 Å². The van der Waals surface area contributed by atoms with E-state index in [0.717, 1.165) is 6.92 Å². The molecule has 0 aliphatic rings. The summed E-state index contributed by atoms with van der Waals surface area (Å²) in [7, 11) is -4.19. The van der Waals surface area contributed by atoms with Crippen LogP contribution in [-0.4, -0.2) is 13.4 Å². The minimum absolute atomic E-state index is 0.379. The summed E-state index contributed by atoms with van der Waals surface area (Å²) in [5, 5.41) is 3.91. The molecular weight excluding hydrogens is 233 g/mol. The maximum Gasteiger partial charge on any atom is 0.268 e. The molecule has 4 nitrogen and oxygen atoms in total. The van der Waals surface area contributed by atoms with Crippen molar-refractivity contribution in [1.29, 1.82) is 0 Å². The Morgan fingerprint density at radius 2 is 2.00 bits per heavy atom. The van der Waals surface area contributed by atoms with Gasteiger partial charge in [0.15, 0.2) is 5.03 Å². The average molecular weight is 240 g/mol. The molecule has 0 atom stereocenters. The Bertz CT molecular complexity index is 464. The largest absolute Gasteiger partial charge is 0.268 e. The van der Waals surface area contributed by atoms with Crippen molar-refractivity contribution >= 4 is 10.0 Å². The summed E-state index contributed by atoms with van der Waals surface area (Å²) in [6, 6.07) is 0.379. The Labute approximate surface area is 84.0 Å². The molecule has 0 fully saturated rings. The molecular formula is C7H7F3N2O2S. The number of primary sulfonamides is 1. The SMILES string of the molecule is Cc1nc(S(N)(=O)=O)cc(F)c1C(F)F. The molecule has 0 spiro atoms. The molecule has 0 unspecified atom stereocenters. The molecule has 2 N–H and O–H groups in total. The zero-order valence-electron chi connectivity index (χ0n) is 7.54. The third-order valence-electron chi connectivity index (χ3n) is 1.68. The molecule has 0 aliphatic carbocycles. The number of pyridine rings is 1. The molecule has 0 amide bonds. The van der Waals surface area contributed by atoms with Crippen molar-refractivity contribution in [2.45, 2.75) is 18.4 Å². The Morgan fingerprint density at radius 3 is 2.33 bits per heavy atom. The van der Waals surface area contributed by atoms with Crippen LogP contribution in [-0.2, 0) is 10.0 Å². The monoisotopic (exact) mass is 240 g/mol. The van der Waals surface area contributed by atoms with Crippen molar-refractivity contribution in [3.05, 3.63) is 23.1 Å². The van der Waals surface area contributed by atoms with Crippen molar-refractivity contribution in [1.82, 2.24) is 4.98 Å². The molecule has 15 heavy (non-hydrogen) atoms. The third-order valence-corrected chi connectivity index (χ3v) is 2.48. The summed E-state index contributed by atoms with van der Waals surface area (Å²) in [4.78, 5) is 3.29. The lowest BCUT2D eigenvalue weighted by Gasteiger charge is -2.07. The summed E-state index contributed by atoms with van der Waals surface area (Å²) in [6.07, 6.45) is -3.05. The molecule has 0 saturated heterocycles. The van der Waals surface area contributed by atoms with Gasteiger partial charge in [0.1, 0.15) is 5.82 Å². The first kappa shape index (κ1) is 11.9. The van der Waals surface area contributed by atoms with E-state index in [-0.39, 0.29) is 0 Å². The third kappa shape index (κ3) is 2.45. The van der Waals surface area contributed by atoms with Crippen LogP contribution in [0.15, 0.2) is 11.1 Å². The first-order valence-electron chi connectivity index (χ1n) is 3.71. The number of aromatic nitrogens is 1. The standard InChI is InChI=1S/C7H7F3N2O2S/c1-3-6(7(9)10)4(8)2-5(12-3)15(11,13)14/h2,7H,1H3,(H2,11,13,14). The van der Waals surface area contributed by atoms with Gasteiger partial charge in [0.25, 0.3) is 16.4 Å². The van der Waals surface area contributed by atoms with Crippen LogP contribution < -0.4 is 5.14 Å². The molecule has 0 saturated carbocycles. The number of aryl methyl sites for hydroxylation is 1. The normalized spacial score (nSPS) is 12.1. The van der Waals surface area contributed by atoms with Gasteiger partial charge in [0, 0.05) is 6.07 Å². The van der Waals surface area contributed by atoms with Gasteiger partial charge in [-0.25, -0.2) is 31.7 Å². The van der Waals surface area contributed by atoms with Crippen LogP contribution >= 0.6 is 0 Å². The summed E-state index contributed by atoms with van der Waals surface area (Å²) >= 11 is 0. The van der Waals surface area contributed by atoms with Crippen molar-refractivity contribution < 1.29 is 21.6 Å². The number of sulfonamides is 1. The molecule has 1 aromatic heterocycles. The minimum atomic E-state index is -4.19. The molecule has 8 heteroatoms. The zero-order chi connectivity index (χ0) is 11.8. The zero-order valence-corrected chi connectivity index (χ0v) is 8.35. The van der Waals surface area contributed by atoms with Gasteiger partial charge in [-0.15, -0.1) is 0 Å². The summed E-state index contributed by atoms with van der Waals surface area (Å²) in [5.74, 6) is -1.33. The molecule has 0 bridgehead atoms. The number of nitrogens with two attached hydrogens (primary N) is 1. The summed E-state index contributed by atoms with van der Waals surface area (Å²) in [5.41, 5.74) is -1.31. The van der Waals surface area contributed by atoms with Crippen molar-refractivity contribution in [2.24, 2.45) is 5.14 Å². The van der Waals surface area contributed by atoms with Crippen molar-refractivity contribution in [2.75, 3.05) is 0 Å². The lowest BCUT2D eigenvalue weighted by molar-refractivity contribution is 0.144. The second-order valence-electron chi connectivity index (χ2n) is 2.79. The lowest BCUT2D eigenvalue weighted by atomic mass is 10.2. The second-order valence-corrected chi connectivity index (χ2v) is 4.30. The Morgan fingerprint density at radius 1 is 1.47 bits per heavy atom. The smallest absolute Gasteiger partial charge is 0.240 e. The quantitative estimate of drug-likeness (QED) is 0.841. The van der Waals surface area contributed by atoms with E-state index in [9.17, 15) is 21.6 Å². The Balaban J connectivity index is 3.45. The van der Waals surface area contributed by atoms with Crippen molar-refractivity contribution in [3.63, 3.8) is 0 Å². The van der Waals surface area contributed by atoms with E-state index >= 15 is 0 Å². The Kier molecular flexibility index (Phi) is 3.00. The fraction of sp³-hybridized carbons (Fsp3) is 0.286. The highest BCUT2D eigenvalue weighted by atomic mass is 32.2. The Hall–Kier alpha value is -1.15. The molecule has 0 radical (unpaired) electrons. The topological polar surface area (TPSA) is 73.0 Å². The second kappa shape index (κ2) is 3.78. The van der Waals surface area contributed by atoms with Gasteiger partial charge in [-0.2, -0.15) is 0 Å². The van der Waals surface area contributed by atoms with Gasteiger partial charge in [-0.3, -0.25) is 0 Å². The predicted molar refractivity (Wildman–Crippen MR) is 45.3 cm³/mol. The first-order valence-corrected chi connectivity index (χ1v) is 5.26.